The topological polar surface area (TPSA) is 29.5 Å². The van der Waals surface area contributed by atoms with Gasteiger partial charge in [-0.1, -0.05) is 42.5 Å². The molecule has 0 spiro atoms. The first-order chi connectivity index (χ1) is 11.2. The molecule has 1 atom stereocenters. The first-order valence-corrected chi connectivity index (χ1v) is 8.23. The molecule has 2 aromatic carbocycles. The minimum atomic E-state index is -0.267. The lowest BCUT2D eigenvalue weighted by Gasteiger charge is -2.37. The molecule has 0 unspecified atom stereocenters. The second-order valence-electron chi connectivity index (χ2n) is 6.05. The zero-order valence-corrected chi connectivity index (χ0v) is 13.8. The van der Waals surface area contributed by atoms with E-state index in [0.29, 0.717) is 0 Å². The highest BCUT2D eigenvalue weighted by Crippen LogP contribution is 2.34. The van der Waals surface area contributed by atoms with Crippen molar-refractivity contribution in [3.8, 4) is 0 Å². The highest BCUT2D eigenvalue weighted by molar-refractivity contribution is 5.86. The van der Waals surface area contributed by atoms with E-state index in [-0.39, 0.29) is 12.0 Å². The molecular weight excluding hydrogens is 286 g/mol. The van der Waals surface area contributed by atoms with E-state index in [1.807, 2.05) is 0 Å². The Kier molecular flexibility index (Phi) is 4.65. The molecule has 23 heavy (non-hydrogen) atoms. The van der Waals surface area contributed by atoms with Gasteiger partial charge in [0, 0.05) is 18.3 Å². The number of likely N-dealkylation sites (tertiary alicyclic amines) is 1. The first-order valence-electron chi connectivity index (χ1n) is 8.23. The first kappa shape index (κ1) is 15.6. The Labute approximate surface area is 137 Å². The fourth-order valence-electron chi connectivity index (χ4n) is 3.45. The van der Waals surface area contributed by atoms with E-state index in [2.05, 4.69) is 54.3 Å². The van der Waals surface area contributed by atoms with Crippen molar-refractivity contribution in [3.05, 3.63) is 59.8 Å². The molecule has 1 heterocycles. The van der Waals surface area contributed by atoms with E-state index < -0.39 is 0 Å². The number of rotatable bonds is 3. The number of benzene rings is 2. The predicted molar refractivity (Wildman–Crippen MR) is 93.0 cm³/mol. The van der Waals surface area contributed by atoms with Gasteiger partial charge in [-0.2, -0.15) is 0 Å². The molecule has 3 nitrogen and oxygen atoms in total. The molecule has 120 valence electrons. The highest BCUT2D eigenvalue weighted by atomic mass is 16.5. The number of hydrogen-bond acceptors (Lipinski definition) is 3. The van der Waals surface area contributed by atoms with Gasteiger partial charge in [0.1, 0.15) is 0 Å². The number of hydrogen-bond donors (Lipinski definition) is 0. The predicted octanol–water partition coefficient (Wildman–Crippen LogP) is 4.44. The lowest BCUT2D eigenvalue weighted by atomic mass is 9.96. The van der Waals surface area contributed by atoms with E-state index in [1.54, 1.807) is 6.08 Å². The number of fused-ring (bicyclic) bond motifs is 1. The van der Waals surface area contributed by atoms with Crippen molar-refractivity contribution in [1.82, 2.24) is 4.90 Å². The Hall–Kier alpha value is -2.29. The maximum absolute atomic E-state index is 11.7. The van der Waals surface area contributed by atoms with Crippen LogP contribution in [0.25, 0.3) is 10.8 Å². The Morgan fingerprint density at radius 1 is 1.17 bits per heavy atom. The third-order valence-corrected chi connectivity index (χ3v) is 4.68. The fraction of sp³-hybridized carbons (Fsp3) is 0.350. The van der Waals surface area contributed by atoms with E-state index in [1.165, 1.54) is 23.4 Å². The van der Waals surface area contributed by atoms with Crippen LogP contribution in [0.3, 0.4) is 0 Å². The largest absolute Gasteiger partial charge is 0.466 e. The van der Waals surface area contributed by atoms with Crippen molar-refractivity contribution in [1.29, 1.82) is 0 Å². The molecule has 0 bridgehead atoms. The molecule has 1 aliphatic rings. The van der Waals surface area contributed by atoms with Gasteiger partial charge >= 0.3 is 5.97 Å². The van der Waals surface area contributed by atoms with Gasteiger partial charge in [0.25, 0.3) is 0 Å². The maximum Gasteiger partial charge on any atom is 0.332 e. The molecule has 2 aromatic rings. The standard InChI is InChI=1S/C20H23NO2/c1-15(18-12-7-9-16-8-3-4-11-19(16)18)21-13-6-5-10-17(21)14-20(22)23-2/h3-4,7-9,11-12,14-15H,5-6,10,13H2,1-2H3/b17-14+/t15-/m0/s1. The number of nitrogens with zero attached hydrogens (tertiary/aromatic N) is 1. The minimum absolute atomic E-state index is 0.234. The van der Waals surface area contributed by atoms with Crippen LogP contribution in [0.15, 0.2) is 54.2 Å². The van der Waals surface area contributed by atoms with Crippen molar-refractivity contribution >= 4 is 16.7 Å². The van der Waals surface area contributed by atoms with Gasteiger partial charge in [-0.05, 0) is 42.5 Å². The summed E-state index contributed by atoms with van der Waals surface area (Å²) in [5.41, 5.74) is 2.39. The molecule has 0 aromatic heterocycles. The van der Waals surface area contributed by atoms with Crippen LogP contribution in [-0.2, 0) is 9.53 Å². The lowest BCUT2D eigenvalue weighted by molar-refractivity contribution is -0.135. The van der Waals surface area contributed by atoms with Crippen LogP contribution in [0.1, 0.15) is 37.8 Å². The summed E-state index contributed by atoms with van der Waals surface area (Å²) in [5.74, 6) is -0.267. The Morgan fingerprint density at radius 2 is 1.96 bits per heavy atom. The normalized spacial score (nSPS) is 18.2. The van der Waals surface area contributed by atoms with Gasteiger partial charge in [0.05, 0.1) is 13.2 Å². The molecule has 1 saturated heterocycles. The van der Waals surface area contributed by atoms with Gasteiger partial charge in [0.15, 0.2) is 0 Å². The zero-order chi connectivity index (χ0) is 16.2. The SMILES string of the molecule is COC(=O)/C=C1\CCCCN1[C@@H](C)c1cccc2ccccc12. The number of methoxy groups -OCH3 is 1. The number of esters is 1. The van der Waals surface area contributed by atoms with E-state index in [0.717, 1.165) is 31.5 Å². The number of piperidine rings is 1. The highest BCUT2D eigenvalue weighted by Gasteiger charge is 2.23. The lowest BCUT2D eigenvalue weighted by Crippen LogP contribution is -2.31. The molecule has 0 N–H and O–H groups in total. The second-order valence-corrected chi connectivity index (χ2v) is 6.05. The quantitative estimate of drug-likeness (QED) is 0.620. The average molecular weight is 309 g/mol. The molecule has 1 fully saturated rings. The van der Waals surface area contributed by atoms with Crippen molar-refractivity contribution in [2.24, 2.45) is 0 Å². The monoisotopic (exact) mass is 309 g/mol. The van der Waals surface area contributed by atoms with Crippen LogP contribution >= 0.6 is 0 Å². The van der Waals surface area contributed by atoms with Crippen LogP contribution in [0.4, 0.5) is 0 Å². The number of carbonyl (C=O) groups is 1. The third-order valence-electron chi connectivity index (χ3n) is 4.68. The van der Waals surface area contributed by atoms with Crippen molar-refractivity contribution in [3.63, 3.8) is 0 Å². The van der Waals surface area contributed by atoms with E-state index in [4.69, 9.17) is 4.74 Å². The molecule has 0 amide bonds. The number of allylic oxidation sites excluding steroid dienone is 1. The minimum Gasteiger partial charge on any atom is -0.466 e. The summed E-state index contributed by atoms with van der Waals surface area (Å²) in [4.78, 5) is 14.0. The Balaban J connectivity index is 1.98. The summed E-state index contributed by atoms with van der Waals surface area (Å²) in [6.07, 6.45) is 4.88. The fourth-order valence-corrected chi connectivity index (χ4v) is 3.45. The number of ether oxygens (including phenoxy) is 1. The summed E-state index contributed by atoms with van der Waals surface area (Å²) in [7, 11) is 1.43. The van der Waals surface area contributed by atoms with Crippen LogP contribution < -0.4 is 0 Å². The Morgan fingerprint density at radius 3 is 2.78 bits per heavy atom. The van der Waals surface area contributed by atoms with Gasteiger partial charge in [-0.25, -0.2) is 4.79 Å². The van der Waals surface area contributed by atoms with Crippen molar-refractivity contribution in [2.45, 2.75) is 32.2 Å². The molecule has 0 saturated carbocycles. The number of carbonyl (C=O) groups excluding carboxylic acids is 1. The summed E-state index contributed by atoms with van der Waals surface area (Å²) < 4.78 is 4.81. The molecule has 0 radical (unpaired) electrons. The summed E-state index contributed by atoms with van der Waals surface area (Å²) in [5, 5.41) is 2.54. The molecular formula is C20H23NO2. The second kappa shape index (κ2) is 6.86. The summed E-state index contributed by atoms with van der Waals surface area (Å²) in [6.45, 7) is 3.20. The van der Waals surface area contributed by atoms with Gasteiger partial charge < -0.3 is 9.64 Å². The maximum atomic E-state index is 11.7. The average Bonchev–Trinajstić information content (AvgIpc) is 2.61. The van der Waals surface area contributed by atoms with Gasteiger partial charge in [-0.3, -0.25) is 0 Å². The smallest absolute Gasteiger partial charge is 0.332 e. The molecule has 1 aliphatic heterocycles. The van der Waals surface area contributed by atoms with Crippen molar-refractivity contribution < 1.29 is 9.53 Å². The summed E-state index contributed by atoms with van der Waals surface area (Å²) >= 11 is 0. The molecule has 3 rings (SSSR count). The summed E-state index contributed by atoms with van der Waals surface area (Å²) in [6, 6.07) is 15.2. The zero-order valence-electron chi connectivity index (χ0n) is 13.8. The Bertz CT molecular complexity index is 730. The van der Waals surface area contributed by atoms with Crippen LogP contribution in [0.2, 0.25) is 0 Å². The van der Waals surface area contributed by atoms with Crippen LogP contribution in [-0.4, -0.2) is 24.5 Å². The van der Waals surface area contributed by atoms with Gasteiger partial charge in [-0.15, -0.1) is 0 Å². The van der Waals surface area contributed by atoms with E-state index >= 15 is 0 Å². The third kappa shape index (κ3) is 3.24. The van der Waals surface area contributed by atoms with E-state index in [9.17, 15) is 4.79 Å². The molecule has 0 aliphatic carbocycles. The van der Waals surface area contributed by atoms with Crippen molar-refractivity contribution in [2.75, 3.05) is 13.7 Å². The van der Waals surface area contributed by atoms with Crippen LogP contribution in [0, 0.1) is 0 Å². The van der Waals surface area contributed by atoms with Crippen LogP contribution in [0.5, 0.6) is 0 Å². The van der Waals surface area contributed by atoms with Gasteiger partial charge in [0.2, 0.25) is 0 Å². The molecule has 3 heteroatoms.